The molecule has 0 aliphatic carbocycles. The van der Waals surface area contributed by atoms with Crippen LogP contribution in [0, 0.1) is 11.3 Å². The number of benzene rings is 1. The molecule has 0 aliphatic rings. The van der Waals surface area contributed by atoms with Crippen LogP contribution in [0.2, 0.25) is 25.7 Å². The summed E-state index contributed by atoms with van der Waals surface area (Å²) >= 11 is 0. The molecule has 0 radical (unpaired) electrons. The van der Waals surface area contributed by atoms with Gasteiger partial charge in [0, 0.05) is 27.1 Å². The molecule has 1 aromatic carbocycles. The molecule has 0 spiro atoms. The zero-order valence-corrected chi connectivity index (χ0v) is 16.4. The molecule has 1 heterocycles. The van der Waals surface area contributed by atoms with E-state index in [1.54, 1.807) is 6.07 Å². The summed E-state index contributed by atoms with van der Waals surface area (Å²) in [6.45, 7) is 7.89. The first-order chi connectivity index (χ1) is 11.8. The fourth-order valence-corrected chi connectivity index (χ4v) is 3.03. The van der Waals surface area contributed by atoms with E-state index in [2.05, 4.69) is 30.7 Å². The molecule has 2 rings (SSSR count). The van der Waals surface area contributed by atoms with E-state index in [0.717, 1.165) is 22.8 Å². The van der Waals surface area contributed by atoms with Crippen LogP contribution in [-0.4, -0.2) is 39.2 Å². The maximum absolute atomic E-state index is 12.2. The number of esters is 1. The monoisotopic (exact) mass is 355 g/mol. The molecule has 0 unspecified atom stereocenters. The number of carbonyl (C=O) groups is 1. The summed E-state index contributed by atoms with van der Waals surface area (Å²) in [5.41, 5.74) is 1.37. The molecule has 5 nitrogen and oxygen atoms in total. The fourth-order valence-electron chi connectivity index (χ4n) is 2.32. The molecule has 0 saturated heterocycles. The molecule has 6 heteroatoms. The molecule has 2 aromatic rings. The van der Waals surface area contributed by atoms with E-state index < -0.39 is 8.07 Å². The lowest BCUT2D eigenvalue weighted by molar-refractivity contribution is 0.0525. The summed E-state index contributed by atoms with van der Waals surface area (Å²) in [7, 11) is 0.705. The van der Waals surface area contributed by atoms with Crippen LogP contribution in [0.15, 0.2) is 30.3 Å². The van der Waals surface area contributed by atoms with Crippen molar-refractivity contribution < 1.29 is 9.53 Å². The Bertz CT molecular complexity index is 793. The van der Waals surface area contributed by atoms with Crippen LogP contribution in [0.5, 0.6) is 0 Å². The number of pyridine rings is 1. The number of rotatable bonds is 7. The van der Waals surface area contributed by atoms with Gasteiger partial charge < -0.3 is 9.64 Å². The predicted octanol–water partition coefficient (Wildman–Crippen LogP) is 4.08. The van der Waals surface area contributed by atoms with E-state index in [1.807, 2.05) is 36.2 Å². The maximum Gasteiger partial charge on any atom is 0.338 e. The van der Waals surface area contributed by atoms with E-state index in [-0.39, 0.29) is 5.97 Å². The van der Waals surface area contributed by atoms with Gasteiger partial charge in [-0.05, 0) is 36.4 Å². The lowest BCUT2D eigenvalue weighted by Crippen LogP contribution is -2.22. The molecule has 0 N–H and O–H groups in total. The van der Waals surface area contributed by atoms with Gasteiger partial charge in [-0.15, -0.1) is 0 Å². The number of nitriles is 1. The molecule has 0 bridgehead atoms. The minimum absolute atomic E-state index is 0.282. The van der Waals surface area contributed by atoms with Gasteiger partial charge in [-0.25, -0.2) is 9.78 Å². The number of carbonyl (C=O) groups excluding carboxylic acids is 1. The first-order valence-corrected chi connectivity index (χ1v) is 12.2. The molecule has 0 saturated carbocycles. The Morgan fingerprint density at radius 1 is 1.28 bits per heavy atom. The number of nitrogens with zero attached hydrogens (tertiary/aromatic N) is 3. The van der Waals surface area contributed by atoms with Gasteiger partial charge in [0.2, 0.25) is 0 Å². The van der Waals surface area contributed by atoms with E-state index in [9.17, 15) is 4.79 Å². The number of fused-ring (bicyclic) bond motifs is 1. The lowest BCUT2D eigenvalue weighted by atomic mass is 10.1. The van der Waals surface area contributed by atoms with Crippen molar-refractivity contribution in [3.8, 4) is 6.07 Å². The van der Waals surface area contributed by atoms with Crippen molar-refractivity contribution in [3.05, 3.63) is 35.9 Å². The highest BCUT2D eigenvalue weighted by atomic mass is 28.3. The second kappa shape index (κ2) is 8.12. The fraction of sp³-hybridized carbons (Fsp3) is 0.421. The summed E-state index contributed by atoms with van der Waals surface area (Å²) in [6, 6.07) is 12.4. The minimum Gasteiger partial charge on any atom is -0.462 e. The average Bonchev–Trinajstić information content (AvgIpc) is 2.57. The van der Waals surface area contributed by atoms with Gasteiger partial charge in [0.1, 0.15) is 5.82 Å². The third kappa shape index (κ3) is 5.57. The van der Waals surface area contributed by atoms with Gasteiger partial charge in [0.25, 0.3) is 0 Å². The SMILES string of the molecule is CN(CCC#N)c1ccc2cc(C(=O)OCC[Si](C)(C)C)ccc2n1. The van der Waals surface area contributed by atoms with Crippen molar-refractivity contribution in [2.24, 2.45) is 0 Å². The minimum atomic E-state index is -1.21. The number of ether oxygens (including phenoxy) is 1. The predicted molar refractivity (Wildman–Crippen MR) is 104 cm³/mol. The first-order valence-electron chi connectivity index (χ1n) is 8.46. The van der Waals surface area contributed by atoms with Crippen LogP contribution in [0.25, 0.3) is 10.9 Å². The molecular formula is C19H25N3O2Si. The highest BCUT2D eigenvalue weighted by Crippen LogP contribution is 2.20. The molecule has 0 fully saturated rings. The maximum atomic E-state index is 12.2. The van der Waals surface area contributed by atoms with Gasteiger partial charge in [0.05, 0.1) is 30.2 Å². The zero-order valence-electron chi connectivity index (χ0n) is 15.4. The molecule has 1 aromatic heterocycles. The number of anilines is 1. The van der Waals surface area contributed by atoms with E-state index in [4.69, 9.17) is 10.00 Å². The Hall–Kier alpha value is -2.39. The second-order valence-electron chi connectivity index (χ2n) is 7.35. The van der Waals surface area contributed by atoms with Crippen molar-refractivity contribution in [2.75, 3.05) is 25.1 Å². The van der Waals surface area contributed by atoms with Crippen LogP contribution in [-0.2, 0) is 4.74 Å². The number of hydrogen-bond acceptors (Lipinski definition) is 5. The van der Waals surface area contributed by atoms with Crippen molar-refractivity contribution >= 4 is 30.8 Å². The van der Waals surface area contributed by atoms with Gasteiger partial charge in [0.15, 0.2) is 0 Å². The number of hydrogen-bond donors (Lipinski definition) is 0. The Morgan fingerprint density at radius 3 is 2.72 bits per heavy atom. The Balaban J connectivity index is 2.09. The summed E-state index contributed by atoms with van der Waals surface area (Å²) in [6.07, 6.45) is 0.457. The quantitative estimate of drug-likeness (QED) is 0.553. The third-order valence-corrected chi connectivity index (χ3v) is 5.65. The Morgan fingerprint density at radius 2 is 2.04 bits per heavy atom. The van der Waals surface area contributed by atoms with E-state index >= 15 is 0 Å². The largest absolute Gasteiger partial charge is 0.462 e. The van der Waals surface area contributed by atoms with Gasteiger partial charge in [-0.3, -0.25) is 0 Å². The van der Waals surface area contributed by atoms with Crippen molar-refractivity contribution in [1.29, 1.82) is 5.26 Å². The average molecular weight is 356 g/mol. The molecular weight excluding hydrogens is 330 g/mol. The Kier molecular flexibility index (Phi) is 6.15. The summed E-state index contributed by atoms with van der Waals surface area (Å²) < 4.78 is 5.40. The van der Waals surface area contributed by atoms with Crippen LogP contribution in [0.3, 0.4) is 0 Å². The van der Waals surface area contributed by atoms with Gasteiger partial charge in [-0.2, -0.15) is 5.26 Å². The molecule has 0 amide bonds. The van der Waals surface area contributed by atoms with Crippen molar-refractivity contribution in [2.45, 2.75) is 32.1 Å². The zero-order chi connectivity index (χ0) is 18.4. The molecule has 0 aliphatic heterocycles. The van der Waals surface area contributed by atoms with E-state index in [1.165, 1.54) is 0 Å². The standard InChI is InChI=1S/C19H25N3O2Si/c1-22(11-5-10-20)18-9-7-15-14-16(6-8-17(15)21-18)19(23)24-12-13-25(2,3)4/h6-9,14H,5,11-13H2,1-4H3. The van der Waals surface area contributed by atoms with Crippen molar-refractivity contribution in [1.82, 2.24) is 4.98 Å². The van der Waals surface area contributed by atoms with Crippen LogP contribution in [0.1, 0.15) is 16.8 Å². The van der Waals surface area contributed by atoms with Crippen molar-refractivity contribution in [3.63, 3.8) is 0 Å². The highest BCUT2D eigenvalue weighted by Gasteiger charge is 2.15. The first kappa shape index (κ1) is 18.9. The summed E-state index contributed by atoms with van der Waals surface area (Å²) in [4.78, 5) is 18.7. The molecule has 25 heavy (non-hydrogen) atoms. The topological polar surface area (TPSA) is 66.2 Å². The molecule has 132 valence electrons. The van der Waals surface area contributed by atoms with Gasteiger partial charge >= 0.3 is 5.97 Å². The lowest BCUT2D eigenvalue weighted by Gasteiger charge is -2.17. The van der Waals surface area contributed by atoms with Crippen LogP contribution >= 0.6 is 0 Å². The smallest absolute Gasteiger partial charge is 0.338 e. The normalized spacial score (nSPS) is 11.2. The number of aromatic nitrogens is 1. The van der Waals surface area contributed by atoms with Crippen LogP contribution in [0.4, 0.5) is 5.82 Å². The second-order valence-corrected chi connectivity index (χ2v) is 13.0. The highest BCUT2D eigenvalue weighted by molar-refractivity contribution is 6.76. The summed E-state index contributed by atoms with van der Waals surface area (Å²) in [5.74, 6) is 0.531. The van der Waals surface area contributed by atoms with E-state index in [0.29, 0.717) is 25.1 Å². The van der Waals surface area contributed by atoms with Crippen LogP contribution < -0.4 is 4.90 Å². The summed E-state index contributed by atoms with van der Waals surface area (Å²) in [5, 5.41) is 9.58. The Labute approximate surface area is 150 Å². The molecule has 0 atom stereocenters. The van der Waals surface area contributed by atoms with Gasteiger partial charge in [-0.1, -0.05) is 19.6 Å². The third-order valence-electron chi connectivity index (χ3n) is 3.95.